The van der Waals surface area contributed by atoms with Gasteiger partial charge in [-0.05, 0) is 25.0 Å². The van der Waals surface area contributed by atoms with E-state index in [-0.39, 0.29) is 17.5 Å². The van der Waals surface area contributed by atoms with Crippen molar-refractivity contribution in [1.82, 2.24) is 10.3 Å². The summed E-state index contributed by atoms with van der Waals surface area (Å²) in [4.78, 5) is 26.6. The fourth-order valence-electron chi connectivity index (χ4n) is 1.64. The number of carbonyl (C=O) groups excluding carboxylic acids is 2. The number of esters is 1. The number of pyridine rings is 1. The first-order valence-electron chi connectivity index (χ1n) is 6.26. The van der Waals surface area contributed by atoms with Crippen LogP contribution in [0.3, 0.4) is 0 Å². The van der Waals surface area contributed by atoms with E-state index < -0.39 is 5.97 Å². The van der Waals surface area contributed by atoms with Gasteiger partial charge in [-0.3, -0.25) is 4.79 Å². The lowest BCUT2D eigenvalue weighted by Gasteiger charge is -2.08. The summed E-state index contributed by atoms with van der Waals surface area (Å²) in [5.41, 5.74) is 1.03. The third-order valence-corrected chi connectivity index (χ3v) is 2.86. The molecule has 1 aromatic rings. The van der Waals surface area contributed by atoms with Gasteiger partial charge in [0.15, 0.2) is 0 Å². The molecule has 1 aliphatic carbocycles. The lowest BCUT2D eigenvalue weighted by Crippen LogP contribution is -2.29. The molecule has 0 bridgehead atoms. The summed E-state index contributed by atoms with van der Waals surface area (Å²) < 4.78 is 4.60. The van der Waals surface area contributed by atoms with Crippen LogP contribution >= 0.6 is 0 Å². The fraction of sp³-hybridized carbons (Fsp3) is 0.462. The molecule has 1 amide bonds. The fourth-order valence-corrected chi connectivity index (χ4v) is 1.64. The summed E-state index contributed by atoms with van der Waals surface area (Å²) in [7, 11) is 1.32. The zero-order chi connectivity index (χ0) is 13.7. The van der Waals surface area contributed by atoms with Gasteiger partial charge in [0.25, 0.3) is 0 Å². The van der Waals surface area contributed by atoms with Gasteiger partial charge in [-0.2, -0.15) is 0 Å². The summed E-state index contributed by atoms with van der Waals surface area (Å²) >= 11 is 0. The Morgan fingerprint density at radius 1 is 1.42 bits per heavy atom. The molecule has 1 heterocycles. The first kappa shape index (κ1) is 13.3. The summed E-state index contributed by atoms with van der Waals surface area (Å²) in [6, 6.07) is 3.38. The summed E-state index contributed by atoms with van der Waals surface area (Å²) in [6.45, 7) is 1.16. The van der Waals surface area contributed by atoms with Crippen molar-refractivity contribution in [3.63, 3.8) is 0 Å². The van der Waals surface area contributed by atoms with Gasteiger partial charge < -0.3 is 15.4 Å². The van der Waals surface area contributed by atoms with Gasteiger partial charge in [-0.1, -0.05) is 0 Å². The van der Waals surface area contributed by atoms with Gasteiger partial charge in [0.2, 0.25) is 5.91 Å². The zero-order valence-corrected chi connectivity index (χ0v) is 10.8. The number of rotatable bonds is 6. The smallest absolute Gasteiger partial charge is 0.356 e. The quantitative estimate of drug-likeness (QED) is 0.586. The van der Waals surface area contributed by atoms with Crippen LogP contribution in [0.2, 0.25) is 0 Å². The number of carbonyl (C=O) groups is 2. The van der Waals surface area contributed by atoms with E-state index >= 15 is 0 Å². The Labute approximate surface area is 111 Å². The number of nitrogens with one attached hydrogen (secondary N) is 2. The molecule has 0 aromatic carbocycles. The average molecular weight is 263 g/mol. The van der Waals surface area contributed by atoms with E-state index in [2.05, 4.69) is 20.4 Å². The summed E-state index contributed by atoms with van der Waals surface area (Å²) in [6.07, 6.45) is 3.55. The molecule has 1 aliphatic rings. The van der Waals surface area contributed by atoms with Crippen LogP contribution in [0.15, 0.2) is 18.3 Å². The van der Waals surface area contributed by atoms with Gasteiger partial charge >= 0.3 is 5.97 Å². The molecular weight excluding hydrogens is 246 g/mol. The minimum atomic E-state index is -0.467. The first-order chi connectivity index (χ1) is 9.20. The van der Waals surface area contributed by atoms with Crippen LogP contribution < -0.4 is 10.6 Å². The second kappa shape index (κ2) is 6.17. The van der Waals surface area contributed by atoms with Crippen molar-refractivity contribution in [3.8, 4) is 0 Å². The second-order valence-corrected chi connectivity index (χ2v) is 4.41. The predicted octanol–water partition coefficient (Wildman–Crippen LogP) is 0.806. The van der Waals surface area contributed by atoms with E-state index in [1.807, 2.05) is 0 Å². The number of hydrogen-bond donors (Lipinski definition) is 2. The largest absolute Gasteiger partial charge is 0.464 e. The minimum absolute atomic E-state index is 0.131. The molecular formula is C13H17N3O3. The number of hydrogen-bond acceptors (Lipinski definition) is 5. The molecule has 0 radical (unpaired) electrons. The van der Waals surface area contributed by atoms with Crippen molar-refractivity contribution in [2.75, 3.05) is 25.5 Å². The van der Waals surface area contributed by atoms with E-state index in [4.69, 9.17) is 0 Å². The van der Waals surface area contributed by atoms with Crippen LogP contribution in [0.25, 0.3) is 0 Å². The van der Waals surface area contributed by atoms with Crippen molar-refractivity contribution >= 4 is 17.6 Å². The highest BCUT2D eigenvalue weighted by atomic mass is 16.5. The number of methoxy groups -OCH3 is 1. The van der Waals surface area contributed by atoms with Crippen LogP contribution in [0.1, 0.15) is 23.3 Å². The first-order valence-corrected chi connectivity index (χ1v) is 6.26. The van der Waals surface area contributed by atoms with Crippen LogP contribution in [0.4, 0.5) is 5.69 Å². The third kappa shape index (κ3) is 3.94. The number of nitrogens with zero attached hydrogens (tertiary/aromatic N) is 1. The van der Waals surface area contributed by atoms with E-state index in [0.717, 1.165) is 18.5 Å². The van der Waals surface area contributed by atoms with Gasteiger partial charge in [-0.25, -0.2) is 9.78 Å². The molecule has 2 rings (SSSR count). The lowest BCUT2D eigenvalue weighted by atomic mass is 10.3. The molecule has 102 valence electrons. The van der Waals surface area contributed by atoms with E-state index in [9.17, 15) is 9.59 Å². The van der Waals surface area contributed by atoms with Gasteiger partial charge in [0, 0.05) is 30.9 Å². The molecule has 6 nitrogen and oxygen atoms in total. The molecule has 2 N–H and O–H groups in total. The monoisotopic (exact) mass is 263 g/mol. The topological polar surface area (TPSA) is 80.3 Å². The maximum atomic E-state index is 11.4. The molecule has 19 heavy (non-hydrogen) atoms. The van der Waals surface area contributed by atoms with Crippen molar-refractivity contribution in [2.24, 2.45) is 5.92 Å². The Hall–Kier alpha value is -2.11. The Morgan fingerprint density at radius 3 is 2.89 bits per heavy atom. The Bertz CT molecular complexity index is 472. The standard InChI is InChI=1S/C13H17N3O3/c1-19-13(18)11-8-10(4-5-15-11)14-6-7-16-12(17)9-2-3-9/h4-5,8-9H,2-3,6-7H2,1H3,(H,14,15)(H,16,17). The minimum Gasteiger partial charge on any atom is -0.464 e. The highest BCUT2D eigenvalue weighted by molar-refractivity contribution is 5.88. The normalized spacial score (nSPS) is 13.7. The van der Waals surface area contributed by atoms with Crippen molar-refractivity contribution in [2.45, 2.75) is 12.8 Å². The highest BCUT2D eigenvalue weighted by Crippen LogP contribution is 2.28. The summed E-state index contributed by atoms with van der Waals surface area (Å²) in [5.74, 6) is -0.107. The molecule has 0 saturated heterocycles. The molecule has 1 saturated carbocycles. The molecule has 0 aliphatic heterocycles. The maximum Gasteiger partial charge on any atom is 0.356 e. The van der Waals surface area contributed by atoms with Crippen molar-refractivity contribution in [3.05, 3.63) is 24.0 Å². The predicted molar refractivity (Wildman–Crippen MR) is 69.8 cm³/mol. The Morgan fingerprint density at radius 2 is 2.21 bits per heavy atom. The third-order valence-electron chi connectivity index (χ3n) is 2.86. The van der Waals surface area contributed by atoms with Crippen molar-refractivity contribution in [1.29, 1.82) is 0 Å². The molecule has 1 aromatic heterocycles. The zero-order valence-electron chi connectivity index (χ0n) is 10.8. The number of aromatic nitrogens is 1. The molecule has 0 atom stereocenters. The second-order valence-electron chi connectivity index (χ2n) is 4.41. The van der Waals surface area contributed by atoms with Crippen LogP contribution in [-0.4, -0.2) is 37.1 Å². The number of anilines is 1. The molecule has 0 unspecified atom stereocenters. The molecule has 1 fully saturated rings. The Balaban J connectivity index is 1.75. The van der Waals surface area contributed by atoms with E-state index in [0.29, 0.717) is 13.1 Å². The van der Waals surface area contributed by atoms with Crippen LogP contribution in [0.5, 0.6) is 0 Å². The van der Waals surface area contributed by atoms with Gasteiger partial charge in [0.05, 0.1) is 7.11 Å². The molecule has 6 heteroatoms. The molecule has 0 spiro atoms. The highest BCUT2D eigenvalue weighted by Gasteiger charge is 2.28. The maximum absolute atomic E-state index is 11.4. The lowest BCUT2D eigenvalue weighted by molar-refractivity contribution is -0.122. The number of ether oxygens (including phenoxy) is 1. The van der Waals surface area contributed by atoms with Gasteiger partial charge in [0.1, 0.15) is 5.69 Å². The van der Waals surface area contributed by atoms with Crippen molar-refractivity contribution < 1.29 is 14.3 Å². The Kier molecular flexibility index (Phi) is 4.33. The van der Waals surface area contributed by atoms with Gasteiger partial charge in [-0.15, -0.1) is 0 Å². The number of amides is 1. The summed E-state index contributed by atoms with van der Waals surface area (Å²) in [5, 5.41) is 5.97. The SMILES string of the molecule is COC(=O)c1cc(NCCNC(=O)C2CC2)ccn1. The van der Waals surface area contributed by atoms with E-state index in [1.54, 1.807) is 12.1 Å². The van der Waals surface area contributed by atoms with Crippen LogP contribution in [0, 0.1) is 5.92 Å². The van der Waals surface area contributed by atoms with Crippen LogP contribution in [-0.2, 0) is 9.53 Å². The average Bonchev–Trinajstić information content (AvgIpc) is 3.27. The van der Waals surface area contributed by atoms with E-state index in [1.165, 1.54) is 13.3 Å².